The van der Waals surface area contributed by atoms with Gasteiger partial charge in [-0.15, -0.1) is 0 Å². The van der Waals surface area contributed by atoms with Gasteiger partial charge in [0.1, 0.15) is 17.3 Å². The summed E-state index contributed by atoms with van der Waals surface area (Å²) >= 11 is 0. The number of nitrogens with two attached hydrogens (primary N) is 1. The highest BCUT2D eigenvalue weighted by Gasteiger charge is 2.15. The number of nitrogens with one attached hydrogen (secondary N) is 1. The third-order valence-corrected chi connectivity index (χ3v) is 5.42. The molecule has 0 radical (unpaired) electrons. The van der Waals surface area contributed by atoms with Crippen LogP contribution in [0.1, 0.15) is 6.42 Å². The standard InChI is InChI=1S/C24H27N9O2/c1-26-31-24(30-25)7-8-33(18-9-19(34-3)12-20(10-18)35-4)17-5-6-21-22(11-17)29-23(14-27-21)16-13-28-32(2)15-16/h5-6,9-15H,1,7-8,25H2,2-4H3,(H,30,31). The molecular weight excluding hydrogens is 446 g/mol. The van der Waals surface area contributed by atoms with Crippen molar-refractivity contribution in [1.82, 2.24) is 25.2 Å². The quantitative estimate of drug-likeness (QED) is 0.164. The Labute approximate surface area is 202 Å². The van der Waals surface area contributed by atoms with Crippen molar-refractivity contribution in [2.24, 2.45) is 23.1 Å². The lowest BCUT2D eigenvalue weighted by atomic mass is 10.1. The molecule has 4 rings (SSSR count). The second-order valence-corrected chi connectivity index (χ2v) is 7.65. The Balaban J connectivity index is 1.78. The highest BCUT2D eigenvalue weighted by molar-refractivity contribution is 5.85. The van der Waals surface area contributed by atoms with Crippen molar-refractivity contribution in [3.05, 3.63) is 55.0 Å². The molecule has 0 saturated carbocycles. The molecule has 11 nitrogen and oxygen atoms in total. The fraction of sp³-hybridized carbons (Fsp3) is 0.208. The molecule has 2 aromatic heterocycles. The molecule has 3 N–H and O–H groups in total. The Kier molecular flexibility index (Phi) is 7.05. The van der Waals surface area contributed by atoms with E-state index in [1.54, 1.807) is 31.3 Å². The monoisotopic (exact) mass is 473 g/mol. The fourth-order valence-electron chi connectivity index (χ4n) is 3.67. The van der Waals surface area contributed by atoms with Gasteiger partial charge in [0.05, 0.1) is 43.3 Å². The fourth-order valence-corrected chi connectivity index (χ4v) is 3.67. The van der Waals surface area contributed by atoms with E-state index in [1.165, 1.54) is 0 Å². The molecule has 0 spiro atoms. The van der Waals surface area contributed by atoms with Crippen LogP contribution >= 0.6 is 0 Å². The summed E-state index contributed by atoms with van der Waals surface area (Å²) in [4.78, 5) is 11.5. The van der Waals surface area contributed by atoms with E-state index in [0.717, 1.165) is 33.7 Å². The Morgan fingerprint density at radius 2 is 1.86 bits per heavy atom. The number of rotatable bonds is 9. The van der Waals surface area contributed by atoms with Crippen molar-refractivity contribution in [2.45, 2.75) is 6.42 Å². The lowest BCUT2D eigenvalue weighted by molar-refractivity contribution is 0.394. The molecule has 0 aliphatic heterocycles. The summed E-state index contributed by atoms with van der Waals surface area (Å²) < 4.78 is 12.7. The van der Waals surface area contributed by atoms with Crippen LogP contribution in [0, 0.1) is 0 Å². The topological polar surface area (TPSA) is 128 Å². The smallest absolute Gasteiger partial charge is 0.143 e. The van der Waals surface area contributed by atoms with Crippen molar-refractivity contribution in [3.8, 4) is 22.8 Å². The van der Waals surface area contributed by atoms with Crippen LogP contribution in [0.5, 0.6) is 11.5 Å². The van der Waals surface area contributed by atoms with Crippen LogP contribution in [0.3, 0.4) is 0 Å². The number of amidine groups is 1. The van der Waals surface area contributed by atoms with Crippen LogP contribution in [-0.4, -0.2) is 53.1 Å². The number of aromatic nitrogens is 4. The number of hydrazone groups is 2. The normalized spacial score (nSPS) is 11.3. The zero-order chi connectivity index (χ0) is 24.8. The number of hydrogen-bond acceptors (Lipinski definition) is 9. The van der Waals surface area contributed by atoms with Gasteiger partial charge >= 0.3 is 0 Å². The molecular formula is C24H27N9O2. The van der Waals surface area contributed by atoms with Crippen LogP contribution < -0.4 is 25.6 Å². The van der Waals surface area contributed by atoms with E-state index in [-0.39, 0.29) is 0 Å². The molecule has 2 aromatic carbocycles. The first kappa shape index (κ1) is 23.5. The molecule has 0 aliphatic rings. The first-order valence-electron chi connectivity index (χ1n) is 10.8. The Morgan fingerprint density at radius 1 is 1.09 bits per heavy atom. The minimum absolute atomic E-state index is 0.481. The lowest BCUT2D eigenvalue weighted by Crippen LogP contribution is -2.27. The number of ether oxygens (including phenoxy) is 2. The second-order valence-electron chi connectivity index (χ2n) is 7.65. The van der Waals surface area contributed by atoms with Crippen molar-refractivity contribution < 1.29 is 9.47 Å². The first-order chi connectivity index (χ1) is 17.0. The van der Waals surface area contributed by atoms with Gasteiger partial charge in [0.15, 0.2) is 0 Å². The SMILES string of the molecule is C=NNC(CCN(c1cc(OC)cc(OC)c1)c1ccc2ncc(-c3cnn(C)c3)nc2c1)=NN. The molecule has 0 aliphatic carbocycles. The third-order valence-electron chi connectivity index (χ3n) is 5.42. The average molecular weight is 474 g/mol. The van der Waals surface area contributed by atoms with Crippen molar-refractivity contribution in [2.75, 3.05) is 25.7 Å². The zero-order valence-electron chi connectivity index (χ0n) is 19.8. The molecule has 0 saturated heterocycles. The van der Waals surface area contributed by atoms with Crippen LogP contribution in [-0.2, 0) is 7.05 Å². The molecule has 11 heteroatoms. The molecule has 0 atom stereocenters. The van der Waals surface area contributed by atoms with E-state index in [1.807, 2.05) is 49.6 Å². The molecule has 35 heavy (non-hydrogen) atoms. The minimum Gasteiger partial charge on any atom is -0.497 e. The zero-order valence-corrected chi connectivity index (χ0v) is 19.8. The van der Waals surface area contributed by atoms with E-state index >= 15 is 0 Å². The number of aryl methyl sites for hydroxylation is 1. The van der Waals surface area contributed by atoms with E-state index in [2.05, 4.69) is 37.3 Å². The van der Waals surface area contributed by atoms with E-state index in [4.69, 9.17) is 20.3 Å². The number of fused-ring (bicyclic) bond motifs is 1. The Bertz CT molecular complexity index is 1340. The molecule has 0 amide bonds. The number of benzene rings is 2. The van der Waals surface area contributed by atoms with Gasteiger partial charge in [0, 0.05) is 68.1 Å². The summed E-state index contributed by atoms with van der Waals surface area (Å²) in [5.41, 5.74) is 7.66. The largest absolute Gasteiger partial charge is 0.497 e. The second kappa shape index (κ2) is 10.5. The minimum atomic E-state index is 0.481. The maximum atomic E-state index is 5.52. The van der Waals surface area contributed by atoms with Crippen molar-refractivity contribution in [3.63, 3.8) is 0 Å². The summed E-state index contributed by atoms with van der Waals surface area (Å²) in [6, 6.07) is 11.6. The van der Waals surface area contributed by atoms with Gasteiger partial charge in [0.25, 0.3) is 0 Å². The maximum absolute atomic E-state index is 5.52. The van der Waals surface area contributed by atoms with E-state index < -0.39 is 0 Å². The number of nitrogens with zero attached hydrogens (tertiary/aromatic N) is 7. The summed E-state index contributed by atoms with van der Waals surface area (Å²) in [6.07, 6.45) is 5.90. The van der Waals surface area contributed by atoms with Gasteiger partial charge < -0.3 is 20.2 Å². The van der Waals surface area contributed by atoms with E-state index in [9.17, 15) is 0 Å². The van der Waals surface area contributed by atoms with Gasteiger partial charge in [-0.3, -0.25) is 15.1 Å². The van der Waals surface area contributed by atoms with Gasteiger partial charge in [-0.1, -0.05) is 0 Å². The number of anilines is 2. The maximum Gasteiger partial charge on any atom is 0.143 e. The Hall–Kier alpha value is -4.67. The van der Waals surface area contributed by atoms with Crippen LogP contribution in [0.25, 0.3) is 22.3 Å². The van der Waals surface area contributed by atoms with Gasteiger partial charge in [0.2, 0.25) is 0 Å². The molecule has 0 fully saturated rings. The highest BCUT2D eigenvalue weighted by atomic mass is 16.5. The predicted molar refractivity (Wildman–Crippen MR) is 137 cm³/mol. The highest BCUT2D eigenvalue weighted by Crippen LogP contribution is 2.34. The summed E-state index contributed by atoms with van der Waals surface area (Å²) in [5, 5.41) is 11.7. The van der Waals surface area contributed by atoms with Gasteiger partial charge in [-0.05, 0) is 18.2 Å². The predicted octanol–water partition coefficient (Wildman–Crippen LogP) is 3.05. The summed E-state index contributed by atoms with van der Waals surface area (Å²) in [5.74, 6) is 7.35. The van der Waals surface area contributed by atoms with Gasteiger partial charge in [-0.2, -0.15) is 15.3 Å². The average Bonchev–Trinajstić information content (AvgIpc) is 3.33. The van der Waals surface area contributed by atoms with Crippen molar-refractivity contribution in [1.29, 1.82) is 0 Å². The molecule has 0 bridgehead atoms. The van der Waals surface area contributed by atoms with Crippen molar-refractivity contribution >= 4 is 35.0 Å². The van der Waals surface area contributed by atoms with Gasteiger partial charge in [-0.25, -0.2) is 4.98 Å². The van der Waals surface area contributed by atoms with Crippen LogP contribution in [0.2, 0.25) is 0 Å². The molecule has 180 valence electrons. The number of methoxy groups -OCH3 is 2. The Morgan fingerprint density at radius 3 is 2.49 bits per heavy atom. The third kappa shape index (κ3) is 5.29. The van der Waals surface area contributed by atoms with Crippen LogP contribution in [0.15, 0.2) is 65.2 Å². The molecule has 2 heterocycles. The summed E-state index contributed by atoms with van der Waals surface area (Å²) in [6.45, 7) is 3.96. The van der Waals surface area contributed by atoms with E-state index in [0.29, 0.717) is 30.3 Å². The number of hydrogen-bond donors (Lipinski definition) is 2. The lowest BCUT2D eigenvalue weighted by Gasteiger charge is -2.26. The van der Waals surface area contributed by atoms with Crippen LogP contribution in [0.4, 0.5) is 11.4 Å². The first-order valence-corrected chi connectivity index (χ1v) is 10.8. The summed E-state index contributed by atoms with van der Waals surface area (Å²) in [7, 11) is 5.10. The molecule has 4 aromatic rings. The molecule has 0 unspecified atom stereocenters.